The van der Waals surface area contributed by atoms with Crippen molar-refractivity contribution >= 4 is 10.4 Å². The maximum Gasteiger partial charge on any atom is 0.217 e. The van der Waals surface area contributed by atoms with Crippen LogP contribution in [0.5, 0.6) is 0 Å². The van der Waals surface area contributed by atoms with E-state index >= 15 is 0 Å². The van der Waals surface area contributed by atoms with E-state index in [1.165, 1.54) is 140 Å². The Morgan fingerprint density at radius 2 is 0.781 bits per heavy atom. The van der Waals surface area contributed by atoms with Crippen molar-refractivity contribution in [3.63, 3.8) is 0 Å². The zero-order valence-electron chi connectivity index (χ0n) is 22.3. The summed E-state index contributed by atoms with van der Waals surface area (Å²) in [5.74, 6) is 0. The third-order valence-electron chi connectivity index (χ3n) is 6.36. The van der Waals surface area contributed by atoms with E-state index in [0.717, 1.165) is 7.11 Å². The van der Waals surface area contributed by atoms with Crippen molar-refractivity contribution < 1.29 is 21.6 Å². The van der Waals surface area contributed by atoms with Gasteiger partial charge >= 0.3 is 0 Å². The van der Waals surface area contributed by atoms with Gasteiger partial charge in [-0.15, -0.1) is 0 Å². The van der Waals surface area contributed by atoms with Crippen molar-refractivity contribution in [3.8, 4) is 0 Å². The minimum Gasteiger partial charge on any atom is -0.726 e. The molecule has 0 aromatic heterocycles. The number of hydrogen-bond acceptors (Lipinski definition) is 4. The van der Waals surface area contributed by atoms with Gasteiger partial charge in [-0.25, -0.2) is 8.42 Å². The number of rotatable bonds is 22. The molecule has 0 aromatic rings. The van der Waals surface area contributed by atoms with Gasteiger partial charge in [0.05, 0.1) is 33.8 Å². The van der Waals surface area contributed by atoms with Gasteiger partial charge in [-0.1, -0.05) is 97.8 Å². The third-order valence-corrected chi connectivity index (χ3v) is 6.77. The molecule has 0 heterocycles. The fraction of sp³-hybridized carbons (Fsp3) is 1.00. The highest BCUT2D eigenvalue weighted by molar-refractivity contribution is 7.80. The lowest BCUT2D eigenvalue weighted by Crippen LogP contribution is -2.46. The van der Waals surface area contributed by atoms with E-state index in [2.05, 4.69) is 32.0 Å². The number of quaternary nitrogens is 1. The Morgan fingerprint density at radius 1 is 0.562 bits per heavy atom. The summed E-state index contributed by atoms with van der Waals surface area (Å²) in [4.78, 5) is 0. The van der Waals surface area contributed by atoms with Gasteiger partial charge in [-0.2, -0.15) is 0 Å². The van der Waals surface area contributed by atoms with E-state index in [1.54, 1.807) is 0 Å². The Bertz CT molecular complexity index is 428. The molecule has 0 saturated heterocycles. The van der Waals surface area contributed by atoms with Crippen molar-refractivity contribution in [1.82, 2.24) is 0 Å². The van der Waals surface area contributed by atoms with Gasteiger partial charge in [0.2, 0.25) is 10.4 Å². The summed E-state index contributed by atoms with van der Waals surface area (Å²) in [6, 6.07) is 0. The minimum absolute atomic E-state index is 0.808. The van der Waals surface area contributed by atoms with Gasteiger partial charge in [-0.3, -0.25) is 4.18 Å². The minimum atomic E-state index is -4.41. The first-order chi connectivity index (χ1) is 15.2. The molecule has 0 saturated carbocycles. The fourth-order valence-electron chi connectivity index (χ4n) is 4.16. The number of unbranched alkanes of at least 4 members (excludes halogenated alkanes) is 15. The second-order valence-electron chi connectivity index (χ2n) is 9.67. The smallest absolute Gasteiger partial charge is 0.217 e. The normalized spacial score (nSPS) is 11.9. The van der Waals surface area contributed by atoms with Crippen molar-refractivity contribution in [3.05, 3.63) is 0 Å². The van der Waals surface area contributed by atoms with Gasteiger partial charge in [-0.05, 0) is 38.5 Å². The van der Waals surface area contributed by atoms with Crippen LogP contribution in [0, 0.1) is 0 Å². The van der Waals surface area contributed by atoms with E-state index in [4.69, 9.17) is 0 Å². The SMILES string of the molecule is CCCCCCCC[N+](C)(CCCCCCCC)CCCCCCCC.COS(=O)(=O)[O-]. The highest BCUT2D eigenvalue weighted by Gasteiger charge is 2.20. The molecular weight excluding hydrogens is 422 g/mol. The Hall–Kier alpha value is -0.170. The molecule has 0 bridgehead atoms. The Balaban J connectivity index is 0. The second-order valence-corrected chi connectivity index (χ2v) is 10.8. The van der Waals surface area contributed by atoms with Crippen LogP contribution in [0.1, 0.15) is 136 Å². The lowest BCUT2D eigenvalue weighted by atomic mass is 10.1. The second kappa shape index (κ2) is 24.0. The quantitative estimate of drug-likeness (QED) is 0.0693. The zero-order valence-corrected chi connectivity index (χ0v) is 23.2. The summed E-state index contributed by atoms with van der Waals surface area (Å²) in [6.45, 7) is 11.2. The number of hydrogen-bond donors (Lipinski definition) is 0. The van der Waals surface area contributed by atoms with E-state index in [1.807, 2.05) is 0 Å². The first kappa shape index (κ1) is 34.0. The van der Waals surface area contributed by atoms with Crippen LogP contribution in [0.3, 0.4) is 0 Å². The Kier molecular flexibility index (Phi) is 25.5. The molecule has 0 fully saturated rings. The third kappa shape index (κ3) is 27.9. The van der Waals surface area contributed by atoms with Crippen molar-refractivity contribution in [2.45, 2.75) is 136 Å². The predicted octanol–water partition coefficient (Wildman–Crippen LogP) is 7.61. The molecule has 6 heteroatoms. The summed E-state index contributed by atoms with van der Waals surface area (Å²) in [7, 11) is -1.04. The Labute approximate surface area is 202 Å². The molecular formula is C26H57NO4S. The lowest BCUT2D eigenvalue weighted by Gasteiger charge is -2.35. The molecule has 0 atom stereocenters. The lowest BCUT2D eigenvalue weighted by molar-refractivity contribution is -0.910. The van der Waals surface area contributed by atoms with Crippen LogP contribution >= 0.6 is 0 Å². The topological polar surface area (TPSA) is 66.4 Å². The molecule has 0 aliphatic carbocycles. The molecule has 0 N–H and O–H groups in total. The van der Waals surface area contributed by atoms with Crippen LogP contribution in [0.2, 0.25) is 0 Å². The fourth-order valence-corrected chi connectivity index (χ4v) is 4.16. The van der Waals surface area contributed by atoms with Crippen LogP contribution in [-0.4, -0.2) is 51.2 Å². The first-order valence-corrected chi connectivity index (χ1v) is 14.9. The van der Waals surface area contributed by atoms with Crippen molar-refractivity contribution in [2.75, 3.05) is 33.8 Å². The zero-order chi connectivity index (χ0) is 24.6. The molecule has 5 nitrogen and oxygen atoms in total. The average Bonchev–Trinajstić information content (AvgIpc) is 2.75. The van der Waals surface area contributed by atoms with Crippen molar-refractivity contribution in [2.24, 2.45) is 0 Å². The molecule has 32 heavy (non-hydrogen) atoms. The number of nitrogens with zero attached hydrogens (tertiary/aromatic N) is 1. The molecule has 0 aliphatic heterocycles. The maximum absolute atomic E-state index is 9.22. The van der Waals surface area contributed by atoms with Gasteiger partial charge in [0, 0.05) is 0 Å². The van der Waals surface area contributed by atoms with Crippen LogP contribution in [-0.2, 0) is 14.6 Å². The maximum atomic E-state index is 9.22. The molecule has 0 rings (SSSR count). The van der Waals surface area contributed by atoms with Gasteiger partial charge in [0.25, 0.3) is 0 Å². The molecule has 0 aromatic carbocycles. The molecule has 196 valence electrons. The van der Waals surface area contributed by atoms with E-state index in [9.17, 15) is 13.0 Å². The van der Waals surface area contributed by atoms with E-state index in [0.29, 0.717) is 0 Å². The van der Waals surface area contributed by atoms with Crippen LogP contribution < -0.4 is 0 Å². The average molecular weight is 480 g/mol. The largest absolute Gasteiger partial charge is 0.726 e. The van der Waals surface area contributed by atoms with Gasteiger partial charge < -0.3 is 9.04 Å². The highest BCUT2D eigenvalue weighted by atomic mass is 32.3. The molecule has 0 aliphatic rings. The predicted molar refractivity (Wildman–Crippen MR) is 138 cm³/mol. The van der Waals surface area contributed by atoms with Crippen LogP contribution in [0.15, 0.2) is 0 Å². The molecule has 0 radical (unpaired) electrons. The van der Waals surface area contributed by atoms with Crippen LogP contribution in [0.4, 0.5) is 0 Å². The van der Waals surface area contributed by atoms with E-state index < -0.39 is 10.4 Å². The molecule has 0 amide bonds. The summed E-state index contributed by atoms with van der Waals surface area (Å²) < 4.78 is 32.4. The van der Waals surface area contributed by atoms with Crippen LogP contribution in [0.25, 0.3) is 0 Å². The van der Waals surface area contributed by atoms with Crippen molar-refractivity contribution in [1.29, 1.82) is 0 Å². The summed E-state index contributed by atoms with van der Waals surface area (Å²) >= 11 is 0. The first-order valence-electron chi connectivity index (χ1n) is 13.6. The molecule has 0 unspecified atom stereocenters. The standard InChI is InChI=1S/C25H54N.CH4O4S/c1-5-8-11-14-17-20-23-26(4,24-21-18-15-12-9-6-2)25-22-19-16-13-10-7-3;1-5-6(2,3)4/h5-25H2,1-4H3;1H3,(H,2,3,4)/q+1;/p-1. The van der Waals surface area contributed by atoms with Gasteiger partial charge in [0.15, 0.2) is 0 Å². The van der Waals surface area contributed by atoms with Gasteiger partial charge in [0.1, 0.15) is 0 Å². The summed E-state index contributed by atoms with van der Waals surface area (Å²) in [5.41, 5.74) is 0. The van der Waals surface area contributed by atoms with E-state index in [-0.39, 0.29) is 0 Å². The monoisotopic (exact) mass is 479 g/mol. The summed E-state index contributed by atoms with van der Waals surface area (Å²) in [6.07, 6.45) is 25.9. The highest BCUT2D eigenvalue weighted by Crippen LogP contribution is 2.16. The molecule has 0 spiro atoms. The summed E-state index contributed by atoms with van der Waals surface area (Å²) in [5, 5.41) is 0. The Morgan fingerprint density at radius 3 is 1.00 bits per heavy atom.